The van der Waals surface area contributed by atoms with Gasteiger partial charge in [-0.25, -0.2) is 12.8 Å². The Balaban J connectivity index is 2.08. The number of halogens is 2. The second kappa shape index (κ2) is 7.63. The van der Waals surface area contributed by atoms with E-state index in [4.69, 9.17) is 11.6 Å². The van der Waals surface area contributed by atoms with E-state index in [2.05, 4.69) is 10.0 Å². The van der Waals surface area contributed by atoms with Crippen molar-refractivity contribution >= 4 is 33.2 Å². The standard InChI is InChI=1S/C16H16ClFN2O3S/c1-11(21)19-9-8-12-2-5-14(6-3-12)24(22,23)20-13-4-7-16(18)15(17)10-13/h2-7,10,20H,8-9H2,1H3,(H,19,21). The molecule has 2 aromatic carbocycles. The molecular weight excluding hydrogens is 355 g/mol. The molecule has 1 amide bonds. The Bertz CT molecular complexity index is 839. The highest BCUT2D eigenvalue weighted by molar-refractivity contribution is 7.92. The predicted octanol–water partition coefficient (Wildman–Crippen LogP) is 2.96. The monoisotopic (exact) mass is 370 g/mol. The SMILES string of the molecule is CC(=O)NCCc1ccc(S(=O)(=O)Nc2ccc(F)c(Cl)c2)cc1. The van der Waals surface area contributed by atoms with Crippen LogP contribution in [0.15, 0.2) is 47.4 Å². The Labute approximate surface area is 144 Å². The van der Waals surface area contributed by atoms with Crippen molar-refractivity contribution in [1.82, 2.24) is 5.32 Å². The zero-order valence-electron chi connectivity index (χ0n) is 12.8. The lowest BCUT2D eigenvalue weighted by Gasteiger charge is -2.09. The summed E-state index contributed by atoms with van der Waals surface area (Å²) in [5, 5.41) is 2.51. The van der Waals surface area contributed by atoms with Gasteiger partial charge in [0.15, 0.2) is 0 Å². The summed E-state index contributed by atoms with van der Waals surface area (Å²) in [6, 6.07) is 9.87. The molecule has 2 aromatic rings. The van der Waals surface area contributed by atoms with E-state index in [0.29, 0.717) is 13.0 Å². The van der Waals surface area contributed by atoms with Crippen LogP contribution in [-0.2, 0) is 21.2 Å². The predicted molar refractivity (Wildman–Crippen MR) is 91.0 cm³/mol. The third kappa shape index (κ3) is 4.94. The maximum absolute atomic E-state index is 13.1. The van der Waals surface area contributed by atoms with Crippen molar-refractivity contribution < 1.29 is 17.6 Å². The lowest BCUT2D eigenvalue weighted by Crippen LogP contribution is -2.22. The van der Waals surface area contributed by atoms with E-state index in [0.717, 1.165) is 11.6 Å². The van der Waals surface area contributed by atoms with Gasteiger partial charge in [0.25, 0.3) is 10.0 Å². The topological polar surface area (TPSA) is 75.3 Å². The molecule has 24 heavy (non-hydrogen) atoms. The number of nitrogens with one attached hydrogen (secondary N) is 2. The summed E-state index contributed by atoms with van der Waals surface area (Å²) in [5.41, 5.74) is 1.07. The fourth-order valence-corrected chi connectivity index (χ4v) is 3.22. The number of carbonyl (C=O) groups excluding carboxylic acids is 1. The average Bonchev–Trinajstić information content (AvgIpc) is 2.51. The zero-order valence-corrected chi connectivity index (χ0v) is 14.4. The van der Waals surface area contributed by atoms with Gasteiger partial charge in [0, 0.05) is 13.5 Å². The number of hydrogen-bond acceptors (Lipinski definition) is 3. The molecule has 0 saturated carbocycles. The zero-order chi connectivity index (χ0) is 17.7. The van der Waals surface area contributed by atoms with Crippen LogP contribution in [0.2, 0.25) is 5.02 Å². The van der Waals surface area contributed by atoms with Crippen molar-refractivity contribution in [3.63, 3.8) is 0 Å². The van der Waals surface area contributed by atoms with Crippen molar-refractivity contribution in [2.75, 3.05) is 11.3 Å². The molecule has 0 spiro atoms. The Morgan fingerprint density at radius 3 is 2.42 bits per heavy atom. The molecule has 0 heterocycles. The summed E-state index contributed by atoms with van der Waals surface area (Å²) in [5.74, 6) is -0.737. The van der Waals surface area contributed by atoms with Gasteiger partial charge in [-0.1, -0.05) is 23.7 Å². The number of hydrogen-bond donors (Lipinski definition) is 2. The number of amides is 1. The first-order valence-electron chi connectivity index (χ1n) is 7.09. The van der Waals surface area contributed by atoms with Crippen LogP contribution in [0.3, 0.4) is 0 Å². The second-order valence-corrected chi connectivity index (χ2v) is 7.20. The van der Waals surface area contributed by atoms with E-state index in [1.54, 1.807) is 12.1 Å². The van der Waals surface area contributed by atoms with Gasteiger partial charge in [-0.15, -0.1) is 0 Å². The van der Waals surface area contributed by atoms with Crippen molar-refractivity contribution in [1.29, 1.82) is 0 Å². The molecule has 0 saturated heterocycles. The van der Waals surface area contributed by atoms with Crippen molar-refractivity contribution in [3.05, 3.63) is 58.9 Å². The first kappa shape index (κ1) is 18.2. The summed E-state index contributed by atoms with van der Waals surface area (Å²) >= 11 is 5.64. The van der Waals surface area contributed by atoms with Gasteiger partial charge in [0.2, 0.25) is 5.91 Å². The number of anilines is 1. The fraction of sp³-hybridized carbons (Fsp3) is 0.188. The van der Waals surface area contributed by atoms with Gasteiger partial charge in [-0.2, -0.15) is 0 Å². The van der Waals surface area contributed by atoms with Gasteiger partial charge in [0.1, 0.15) is 5.82 Å². The molecule has 0 fully saturated rings. The quantitative estimate of drug-likeness (QED) is 0.820. The largest absolute Gasteiger partial charge is 0.356 e. The van der Waals surface area contributed by atoms with Crippen LogP contribution in [0.1, 0.15) is 12.5 Å². The normalized spacial score (nSPS) is 11.1. The minimum Gasteiger partial charge on any atom is -0.356 e. The lowest BCUT2D eigenvalue weighted by molar-refractivity contribution is -0.118. The molecule has 0 unspecified atom stereocenters. The second-order valence-electron chi connectivity index (χ2n) is 5.11. The highest BCUT2D eigenvalue weighted by Gasteiger charge is 2.14. The molecule has 0 bridgehead atoms. The van der Waals surface area contributed by atoms with Crippen LogP contribution < -0.4 is 10.0 Å². The summed E-state index contributed by atoms with van der Waals surface area (Å²) in [6.07, 6.45) is 0.598. The van der Waals surface area contributed by atoms with Gasteiger partial charge in [0.05, 0.1) is 15.6 Å². The smallest absolute Gasteiger partial charge is 0.261 e. The molecule has 128 valence electrons. The highest BCUT2D eigenvalue weighted by Crippen LogP contribution is 2.22. The number of carbonyl (C=O) groups is 1. The van der Waals surface area contributed by atoms with Crippen LogP contribution >= 0.6 is 11.6 Å². The van der Waals surface area contributed by atoms with Crippen LogP contribution in [0.4, 0.5) is 10.1 Å². The summed E-state index contributed by atoms with van der Waals surface area (Å²) in [7, 11) is -3.79. The number of rotatable bonds is 6. The molecule has 0 aliphatic rings. The molecule has 0 aromatic heterocycles. The van der Waals surface area contributed by atoms with Gasteiger partial charge < -0.3 is 5.32 Å². The Hall–Kier alpha value is -2.12. The van der Waals surface area contributed by atoms with Crippen LogP contribution in [0, 0.1) is 5.82 Å². The maximum Gasteiger partial charge on any atom is 0.261 e. The fourth-order valence-electron chi connectivity index (χ4n) is 1.99. The van der Waals surface area contributed by atoms with Crippen LogP contribution in [0.25, 0.3) is 0 Å². The average molecular weight is 371 g/mol. The highest BCUT2D eigenvalue weighted by atomic mass is 35.5. The molecule has 0 radical (unpaired) electrons. The molecule has 2 rings (SSSR count). The third-order valence-corrected chi connectivity index (χ3v) is 4.88. The molecule has 0 aliphatic carbocycles. The minimum absolute atomic E-state index is 0.0752. The van der Waals surface area contributed by atoms with E-state index in [1.165, 1.54) is 31.2 Å². The Kier molecular flexibility index (Phi) is 5.80. The van der Waals surface area contributed by atoms with E-state index >= 15 is 0 Å². The third-order valence-electron chi connectivity index (χ3n) is 3.19. The van der Waals surface area contributed by atoms with Gasteiger partial charge >= 0.3 is 0 Å². The molecule has 5 nitrogen and oxygen atoms in total. The van der Waals surface area contributed by atoms with Crippen LogP contribution in [0.5, 0.6) is 0 Å². The van der Waals surface area contributed by atoms with E-state index in [9.17, 15) is 17.6 Å². The Morgan fingerprint density at radius 1 is 1.17 bits per heavy atom. The minimum atomic E-state index is -3.79. The first-order chi connectivity index (χ1) is 11.3. The van der Waals surface area contributed by atoms with E-state index < -0.39 is 15.8 Å². The van der Waals surface area contributed by atoms with E-state index in [-0.39, 0.29) is 21.5 Å². The summed E-state index contributed by atoms with van der Waals surface area (Å²) < 4.78 is 40.1. The molecule has 0 atom stereocenters. The lowest BCUT2D eigenvalue weighted by atomic mass is 10.1. The van der Waals surface area contributed by atoms with Crippen LogP contribution in [-0.4, -0.2) is 20.9 Å². The Morgan fingerprint density at radius 2 is 1.83 bits per heavy atom. The molecule has 2 N–H and O–H groups in total. The maximum atomic E-state index is 13.1. The summed E-state index contributed by atoms with van der Waals surface area (Å²) in [6.45, 7) is 1.91. The molecule has 0 aliphatic heterocycles. The van der Waals surface area contributed by atoms with Crippen molar-refractivity contribution in [2.24, 2.45) is 0 Å². The number of sulfonamides is 1. The van der Waals surface area contributed by atoms with E-state index in [1.807, 2.05) is 0 Å². The number of benzene rings is 2. The molecule has 8 heteroatoms. The molecular formula is C16H16ClFN2O3S. The summed E-state index contributed by atoms with van der Waals surface area (Å²) in [4.78, 5) is 10.9. The first-order valence-corrected chi connectivity index (χ1v) is 8.95. The van der Waals surface area contributed by atoms with Gasteiger partial charge in [-0.05, 0) is 42.3 Å². The van der Waals surface area contributed by atoms with Gasteiger partial charge in [-0.3, -0.25) is 9.52 Å². The van der Waals surface area contributed by atoms with Crippen molar-refractivity contribution in [3.8, 4) is 0 Å². The van der Waals surface area contributed by atoms with Crippen molar-refractivity contribution in [2.45, 2.75) is 18.2 Å².